The van der Waals surface area contributed by atoms with Gasteiger partial charge in [-0.25, -0.2) is 0 Å². The van der Waals surface area contributed by atoms with Crippen LogP contribution in [0.3, 0.4) is 0 Å². The zero-order valence-electron chi connectivity index (χ0n) is 11.3. The van der Waals surface area contributed by atoms with E-state index in [4.69, 9.17) is 11.6 Å². The van der Waals surface area contributed by atoms with Crippen LogP contribution < -0.4 is 5.32 Å². The number of aromatic nitrogens is 1. The Morgan fingerprint density at radius 3 is 2.95 bits per heavy atom. The molecule has 4 rings (SSSR count). The number of halogens is 1. The zero-order valence-corrected chi connectivity index (χ0v) is 12.1. The largest absolute Gasteiger partial charge is 0.379 e. The summed E-state index contributed by atoms with van der Waals surface area (Å²) in [6.07, 6.45) is 5.82. The summed E-state index contributed by atoms with van der Waals surface area (Å²) in [6, 6.07) is 9.37. The third-order valence-corrected chi connectivity index (χ3v) is 4.69. The topological polar surface area (TPSA) is 28.2 Å². The second-order valence-electron chi connectivity index (χ2n) is 5.85. The summed E-state index contributed by atoms with van der Waals surface area (Å²) >= 11 is 6.24. The van der Waals surface area contributed by atoms with Crippen LogP contribution in [-0.4, -0.2) is 35.1 Å². The fourth-order valence-electron chi connectivity index (χ4n) is 3.15. The van der Waals surface area contributed by atoms with Gasteiger partial charge in [0.1, 0.15) is 0 Å². The van der Waals surface area contributed by atoms with Crippen molar-refractivity contribution in [2.24, 2.45) is 0 Å². The van der Waals surface area contributed by atoms with Gasteiger partial charge in [0.15, 0.2) is 0 Å². The molecule has 0 bridgehead atoms. The van der Waals surface area contributed by atoms with Crippen molar-refractivity contribution in [1.29, 1.82) is 0 Å². The maximum Gasteiger partial charge on any atom is 0.0948 e. The van der Waals surface area contributed by atoms with E-state index in [9.17, 15) is 0 Å². The molecule has 3 nitrogen and oxygen atoms in total. The number of fused-ring (bicyclic) bond motifs is 1. The van der Waals surface area contributed by atoms with E-state index in [-0.39, 0.29) is 0 Å². The van der Waals surface area contributed by atoms with Crippen molar-refractivity contribution >= 4 is 28.2 Å². The highest BCUT2D eigenvalue weighted by atomic mass is 35.5. The van der Waals surface area contributed by atoms with Crippen molar-refractivity contribution in [3.63, 3.8) is 0 Å². The second-order valence-corrected chi connectivity index (χ2v) is 6.26. The van der Waals surface area contributed by atoms with E-state index in [1.807, 2.05) is 24.4 Å². The Balaban J connectivity index is 1.58. The first-order valence-corrected chi connectivity index (χ1v) is 7.73. The van der Waals surface area contributed by atoms with Crippen LogP contribution in [0.4, 0.5) is 5.69 Å². The minimum absolute atomic E-state index is 0.530. The molecule has 1 aromatic carbocycles. The lowest BCUT2D eigenvalue weighted by Crippen LogP contribution is -2.27. The average Bonchev–Trinajstić information content (AvgIpc) is 3.23. The summed E-state index contributed by atoms with van der Waals surface area (Å²) < 4.78 is 0. The summed E-state index contributed by atoms with van der Waals surface area (Å²) in [5.74, 6) is 0. The van der Waals surface area contributed by atoms with Crippen LogP contribution in [0.2, 0.25) is 5.02 Å². The Bertz CT molecular complexity index is 639. The van der Waals surface area contributed by atoms with Crippen molar-refractivity contribution in [3.05, 3.63) is 35.5 Å². The molecule has 2 heterocycles. The zero-order chi connectivity index (χ0) is 13.5. The SMILES string of the molecule is Clc1ccc(NC2CCN(C3CC3)C2)c2ncccc12. The van der Waals surface area contributed by atoms with Gasteiger partial charge in [0.2, 0.25) is 0 Å². The van der Waals surface area contributed by atoms with E-state index < -0.39 is 0 Å². The number of pyridine rings is 1. The van der Waals surface area contributed by atoms with E-state index in [1.54, 1.807) is 0 Å². The monoisotopic (exact) mass is 287 g/mol. The van der Waals surface area contributed by atoms with Gasteiger partial charge in [0.05, 0.1) is 16.2 Å². The molecule has 0 radical (unpaired) electrons. The van der Waals surface area contributed by atoms with Crippen LogP contribution in [0, 0.1) is 0 Å². The van der Waals surface area contributed by atoms with E-state index in [1.165, 1.54) is 25.8 Å². The smallest absolute Gasteiger partial charge is 0.0948 e. The number of hydrogen-bond acceptors (Lipinski definition) is 3. The summed E-state index contributed by atoms with van der Waals surface area (Å²) in [6.45, 7) is 2.38. The standard InChI is InChI=1S/C16H18ClN3/c17-14-5-6-15(16-13(14)2-1-8-18-16)19-11-7-9-20(10-11)12-3-4-12/h1-2,5-6,8,11-12,19H,3-4,7,9-10H2. The fourth-order valence-corrected chi connectivity index (χ4v) is 3.37. The molecule has 1 atom stereocenters. The highest BCUT2D eigenvalue weighted by molar-refractivity contribution is 6.35. The lowest BCUT2D eigenvalue weighted by molar-refractivity contribution is 0.326. The molecule has 1 N–H and O–H groups in total. The molecule has 1 aliphatic heterocycles. The number of likely N-dealkylation sites (tertiary alicyclic amines) is 1. The molecule has 4 heteroatoms. The van der Waals surface area contributed by atoms with Gasteiger partial charge < -0.3 is 5.32 Å². The highest BCUT2D eigenvalue weighted by Crippen LogP contribution is 2.32. The van der Waals surface area contributed by atoms with Crippen molar-refractivity contribution in [3.8, 4) is 0 Å². The molecule has 20 heavy (non-hydrogen) atoms. The predicted molar refractivity (Wildman–Crippen MR) is 83.4 cm³/mol. The van der Waals surface area contributed by atoms with Gasteiger partial charge >= 0.3 is 0 Å². The first-order valence-electron chi connectivity index (χ1n) is 7.35. The fraction of sp³-hybridized carbons (Fsp3) is 0.438. The van der Waals surface area contributed by atoms with E-state index in [2.05, 4.69) is 21.3 Å². The van der Waals surface area contributed by atoms with Gasteiger partial charge in [-0.3, -0.25) is 9.88 Å². The first-order chi connectivity index (χ1) is 9.81. The van der Waals surface area contributed by atoms with Crippen LogP contribution in [0.25, 0.3) is 10.9 Å². The molecule has 0 amide bonds. The number of nitrogens with one attached hydrogen (secondary N) is 1. The Morgan fingerprint density at radius 2 is 2.10 bits per heavy atom. The van der Waals surface area contributed by atoms with E-state index in [0.717, 1.165) is 34.2 Å². The van der Waals surface area contributed by atoms with Gasteiger partial charge in [-0.05, 0) is 43.5 Å². The number of benzene rings is 1. The maximum atomic E-state index is 6.24. The quantitative estimate of drug-likeness (QED) is 0.936. The van der Waals surface area contributed by atoms with Gasteiger partial charge in [-0.1, -0.05) is 11.6 Å². The number of hydrogen-bond donors (Lipinski definition) is 1. The average molecular weight is 288 g/mol. The Kier molecular flexibility index (Phi) is 3.04. The molecular formula is C16H18ClN3. The normalized spacial score (nSPS) is 23.4. The Labute approximate surface area is 123 Å². The molecule has 2 aliphatic rings. The summed E-state index contributed by atoms with van der Waals surface area (Å²) in [7, 11) is 0. The minimum Gasteiger partial charge on any atom is -0.379 e. The lowest BCUT2D eigenvalue weighted by atomic mass is 10.1. The van der Waals surface area contributed by atoms with Gasteiger partial charge in [0, 0.05) is 36.8 Å². The van der Waals surface area contributed by atoms with E-state index in [0.29, 0.717) is 6.04 Å². The van der Waals surface area contributed by atoms with Crippen LogP contribution in [0.15, 0.2) is 30.5 Å². The van der Waals surface area contributed by atoms with Gasteiger partial charge in [-0.2, -0.15) is 0 Å². The Hall–Kier alpha value is -1.32. The molecule has 2 fully saturated rings. The van der Waals surface area contributed by atoms with Crippen LogP contribution in [0.1, 0.15) is 19.3 Å². The van der Waals surface area contributed by atoms with Crippen molar-refractivity contribution < 1.29 is 0 Å². The predicted octanol–water partition coefficient (Wildman–Crippen LogP) is 3.54. The molecule has 1 aromatic heterocycles. The Morgan fingerprint density at radius 1 is 1.20 bits per heavy atom. The van der Waals surface area contributed by atoms with Gasteiger partial charge in [0.25, 0.3) is 0 Å². The summed E-state index contributed by atoms with van der Waals surface area (Å²) in [5.41, 5.74) is 2.08. The van der Waals surface area contributed by atoms with Crippen LogP contribution in [0.5, 0.6) is 0 Å². The van der Waals surface area contributed by atoms with Crippen molar-refractivity contribution in [1.82, 2.24) is 9.88 Å². The molecular weight excluding hydrogens is 270 g/mol. The van der Waals surface area contributed by atoms with E-state index >= 15 is 0 Å². The highest BCUT2D eigenvalue weighted by Gasteiger charge is 2.34. The number of nitrogens with zero attached hydrogens (tertiary/aromatic N) is 2. The van der Waals surface area contributed by atoms with Crippen molar-refractivity contribution in [2.45, 2.75) is 31.3 Å². The third kappa shape index (κ3) is 2.25. The molecule has 1 aliphatic carbocycles. The second kappa shape index (κ2) is 4.90. The molecule has 1 saturated heterocycles. The maximum absolute atomic E-state index is 6.24. The first kappa shape index (κ1) is 12.4. The summed E-state index contributed by atoms with van der Waals surface area (Å²) in [5, 5.41) is 5.45. The molecule has 1 saturated carbocycles. The minimum atomic E-state index is 0.530. The number of anilines is 1. The van der Waals surface area contributed by atoms with Crippen LogP contribution >= 0.6 is 11.6 Å². The number of rotatable bonds is 3. The third-order valence-electron chi connectivity index (χ3n) is 4.36. The van der Waals surface area contributed by atoms with Gasteiger partial charge in [-0.15, -0.1) is 0 Å². The molecule has 1 unspecified atom stereocenters. The summed E-state index contributed by atoms with van der Waals surface area (Å²) in [4.78, 5) is 7.10. The van der Waals surface area contributed by atoms with Crippen LogP contribution in [-0.2, 0) is 0 Å². The molecule has 2 aromatic rings. The molecule has 104 valence electrons. The molecule has 0 spiro atoms. The lowest BCUT2D eigenvalue weighted by Gasteiger charge is -2.17. The van der Waals surface area contributed by atoms with Crippen molar-refractivity contribution in [2.75, 3.05) is 18.4 Å².